The van der Waals surface area contributed by atoms with E-state index in [1.54, 1.807) is 53.7 Å². The molecule has 1 aliphatic rings. The lowest BCUT2D eigenvalue weighted by Gasteiger charge is -2.27. The average Bonchev–Trinajstić information content (AvgIpc) is 3.23. The summed E-state index contributed by atoms with van der Waals surface area (Å²) in [7, 11) is -2.15. The second-order valence-corrected chi connectivity index (χ2v) is 8.21. The summed E-state index contributed by atoms with van der Waals surface area (Å²) in [5.74, 6) is 0. The minimum Gasteiger partial charge on any atom is -0.267 e. The van der Waals surface area contributed by atoms with Crippen LogP contribution in [0.3, 0.4) is 0 Å². The number of aromatic nitrogens is 5. The van der Waals surface area contributed by atoms with Gasteiger partial charge in [-0.2, -0.15) is 5.10 Å². The van der Waals surface area contributed by atoms with Gasteiger partial charge in [-0.1, -0.05) is 0 Å². The molecule has 1 aliphatic heterocycles. The molecule has 0 aromatic carbocycles. The Bertz CT molecular complexity index is 1300. The molecule has 0 bridgehead atoms. The third-order valence-corrected chi connectivity index (χ3v) is 6.44. The number of nitrogens with zero attached hydrogens (tertiary/aromatic N) is 6. The highest BCUT2D eigenvalue weighted by atomic mass is 32.2. The van der Waals surface area contributed by atoms with Gasteiger partial charge in [0.15, 0.2) is 0 Å². The van der Waals surface area contributed by atoms with Crippen molar-refractivity contribution in [3.8, 4) is 28.3 Å². The van der Waals surface area contributed by atoms with Gasteiger partial charge in [0.1, 0.15) is 16.3 Å². The van der Waals surface area contributed by atoms with Crippen molar-refractivity contribution in [2.45, 2.75) is 4.90 Å². The predicted molar refractivity (Wildman–Crippen MR) is 103 cm³/mol. The van der Waals surface area contributed by atoms with Crippen LogP contribution in [0.1, 0.15) is 0 Å². The predicted octanol–water partition coefficient (Wildman–Crippen LogP) is 2.53. The molecule has 0 N–H and O–H groups in total. The van der Waals surface area contributed by atoms with Crippen LogP contribution in [0.15, 0.2) is 72.3 Å². The van der Waals surface area contributed by atoms with Crippen molar-refractivity contribution in [3.63, 3.8) is 0 Å². The first-order valence-electron chi connectivity index (χ1n) is 8.46. The molecule has 5 heterocycles. The van der Waals surface area contributed by atoms with E-state index in [2.05, 4.69) is 20.1 Å². The molecule has 4 aromatic rings. The molecule has 28 heavy (non-hydrogen) atoms. The summed E-state index contributed by atoms with van der Waals surface area (Å²) in [4.78, 5) is 13.2. The quantitative estimate of drug-likeness (QED) is 0.522. The highest BCUT2D eigenvalue weighted by Gasteiger charge is 2.34. The van der Waals surface area contributed by atoms with E-state index in [-0.39, 0.29) is 4.90 Å². The molecule has 0 saturated heterocycles. The fraction of sp³-hybridized carbons (Fsp3) is 0.0526. The van der Waals surface area contributed by atoms with Crippen molar-refractivity contribution in [1.82, 2.24) is 24.7 Å². The van der Waals surface area contributed by atoms with E-state index in [1.165, 1.54) is 11.4 Å². The van der Waals surface area contributed by atoms with E-state index < -0.39 is 10.0 Å². The first-order valence-corrected chi connectivity index (χ1v) is 9.90. The molecule has 9 heteroatoms. The molecule has 0 amide bonds. The molecule has 0 spiro atoms. The zero-order valence-corrected chi connectivity index (χ0v) is 15.6. The molecule has 5 rings (SSSR count). The Morgan fingerprint density at radius 2 is 1.82 bits per heavy atom. The van der Waals surface area contributed by atoms with Gasteiger partial charge in [-0.05, 0) is 36.4 Å². The Hall–Kier alpha value is -3.59. The van der Waals surface area contributed by atoms with E-state index in [0.29, 0.717) is 22.8 Å². The van der Waals surface area contributed by atoms with E-state index in [4.69, 9.17) is 0 Å². The molecule has 0 radical (unpaired) electrons. The molecule has 0 atom stereocenters. The summed E-state index contributed by atoms with van der Waals surface area (Å²) in [5, 5.41) is 4.35. The van der Waals surface area contributed by atoms with Crippen molar-refractivity contribution in [2.75, 3.05) is 11.4 Å². The Balaban J connectivity index is 1.66. The van der Waals surface area contributed by atoms with Crippen molar-refractivity contribution in [1.29, 1.82) is 0 Å². The smallest absolute Gasteiger partial charge is 0.266 e. The zero-order valence-electron chi connectivity index (χ0n) is 14.8. The number of hydrogen-bond donors (Lipinski definition) is 0. The van der Waals surface area contributed by atoms with E-state index in [0.717, 1.165) is 11.3 Å². The van der Waals surface area contributed by atoms with Crippen LogP contribution in [0.4, 0.5) is 5.69 Å². The van der Waals surface area contributed by atoms with Gasteiger partial charge in [0.25, 0.3) is 10.0 Å². The second-order valence-electron chi connectivity index (χ2n) is 6.27. The molecule has 0 fully saturated rings. The van der Waals surface area contributed by atoms with Crippen LogP contribution in [-0.4, -0.2) is 40.2 Å². The maximum atomic E-state index is 12.8. The Morgan fingerprint density at radius 3 is 2.64 bits per heavy atom. The van der Waals surface area contributed by atoms with Gasteiger partial charge < -0.3 is 0 Å². The average molecular weight is 390 g/mol. The van der Waals surface area contributed by atoms with E-state index in [9.17, 15) is 8.42 Å². The van der Waals surface area contributed by atoms with E-state index in [1.807, 2.05) is 18.3 Å². The Morgan fingerprint density at radius 1 is 0.964 bits per heavy atom. The lowest BCUT2D eigenvalue weighted by Crippen LogP contribution is -2.31. The third-order valence-electron chi connectivity index (χ3n) is 4.64. The van der Waals surface area contributed by atoms with Crippen LogP contribution in [0, 0.1) is 0 Å². The van der Waals surface area contributed by atoms with E-state index >= 15 is 0 Å². The van der Waals surface area contributed by atoms with Crippen LogP contribution in [0.25, 0.3) is 28.3 Å². The van der Waals surface area contributed by atoms with Crippen LogP contribution in [0.2, 0.25) is 0 Å². The van der Waals surface area contributed by atoms with Gasteiger partial charge in [-0.3, -0.25) is 14.3 Å². The monoisotopic (exact) mass is 390 g/mol. The molecule has 0 aliphatic carbocycles. The number of pyridine rings is 3. The first kappa shape index (κ1) is 16.6. The summed E-state index contributed by atoms with van der Waals surface area (Å²) >= 11 is 0. The lowest BCUT2D eigenvalue weighted by molar-refractivity contribution is 0.593. The summed E-state index contributed by atoms with van der Waals surface area (Å²) in [5.41, 5.74) is 3.59. The van der Waals surface area contributed by atoms with Gasteiger partial charge in [0.2, 0.25) is 0 Å². The van der Waals surface area contributed by atoms with Crippen LogP contribution in [-0.2, 0) is 10.0 Å². The maximum absolute atomic E-state index is 12.8. The minimum atomic E-state index is -3.67. The summed E-state index contributed by atoms with van der Waals surface area (Å²) in [6.45, 7) is 0. The lowest BCUT2D eigenvalue weighted by atomic mass is 10.1. The molecule has 0 saturated carbocycles. The minimum absolute atomic E-state index is 0.143. The topological polar surface area (TPSA) is 93.9 Å². The van der Waals surface area contributed by atoms with Crippen molar-refractivity contribution < 1.29 is 8.42 Å². The largest absolute Gasteiger partial charge is 0.267 e. The number of sulfonamides is 1. The summed E-state index contributed by atoms with van der Waals surface area (Å²) in [6.07, 6.45) is 8.54. The molecular weight excluding hydrogens is 376 g/mol. The summed E-state index contributed by atoms with van der Waals surface area (Å²) in [6, 6.07) is 10.4. The van der Waals surface area contributed by atoms with Gasteiger partial charge in [0, 0.05) is 31.2 Å². The molecule has 4 aromatic heterocycles. The zero-order chi connectivity index (χ0) is 19.3. The fourth-order valence-corrected chi connectivity index (χ4v) is 4.51. The standard InChI is InChI=1S/C19H14N6O2S/c1-24-16-5-3-9-21-18(16)19-17(28(24,26)27)7-6-15(23-19)13-10-22-25(12-13)14-4-2-8-20-11-14/h2-12H,1H3. The van der Waals surface area contributed by atoms with Gasteiger partial charge in [-0.15, -0.1) is 0 Å². The molecule has 0 unspecified atom stereocenters. The molecule has 8 nitrogen and oxygen atoms in total. The highest BCUT2D eigenvalue weighted by molar-refractivity contribution is 7.93. The number of anilines is 1. The number of rotatable bonds is 2. The number of hydrogen-bond acceptors (Lipinski definition) is 6. The van der Waals surface area contributed by atoms with Gasteiger partial charge in [-0.25, -0.2) is 18.1 Å². The normalized spacial score (nSPS) is 14.4. The second kappa shape index (κ2) is 5.96. The fourth-order valence-electron chi connectivity index (χ4n) is 3.18. The van der Waals surface area contributed by atoms with Crippen LogP contribution < -0.4 is 4.31 Å². The maximum Gasteiger partial charge on any atom is 0.266 e. The Kier molecular flexibility index (Phi) is 3.53. The number of fused-ring (bicyclic) bond motifs is 3. The molecular formula is C19H14N6O2S. The highest BCUT2D eigenvalue weighted by Crippen LogP contribution is 2.40. The summed E-state index contributed by atoms with van der Waals surface area (Å²) < 4.78 is 28.6. The SMILES string of the molecule is CN1c2cccnc2-c2nc(-c3cnn(-c4cccnc4)c3)ccc2S1(=O)=O. The Labute approximate surface area is 161 Å². The van der Waals surface area contributed by atoms with Crippen molar-refractivity contribution in [2.24, 2.45) is 0 Å². The van der Waals surface area contributed by atoms with Crippen LogP contribution >= 0.6 is 0 Å². The van der Waals surface area contributed by atoms with Crippen LogP contribution in [0.5, 0.6) is 0 Å². The van der Waals surface area contributed by atoms with Gasteiger partial charge in [0.05, 0.1) is 29.5 Å². The van der Waals surface area contributed by atoms with Gasteiger partial charge >= 0.3 is 0 Å². The first-order chi connectivity index (χ1) is 13.6. The molecule has 138 valence electrons. The third kappa shape index (κ3) is 2.40. The van der Waals surface area contributed by atoms with Crippen molar-refractivity contribution >= 4 is 15.7 Å². The van der Waals surface area contributed by atoms with Crippen molar-refractivity contribution in [3.05, 3.63) is 67.4 Å².